The molecule has 1 heterocycles. The maximum absolute atomic E-state index is 10.9. The number of non-ortho nitro benzene ring substituents is 1. The van der Waals surface area contributed by atoms with E-state index < -0.39 is 0 Å². The standard InChI is InChI=1S/C24H22N4O2S/c1-17-8-11-22(14-18(17)2)27-23(15-19-6-4-3-5-7-19)25-26-24(27)31-16-20-9-12-21(13-10-20)28(29)30/h3-14H,15-16H2,1-2H3. The van der Waals surface area contributed by atoms with Gasteiger partial charge in [-0.15, -0.1) is 10.2 Å². The topological polar surface area (TPSA) is 73.8 Å². The molecule has 0 radical (unpaired) electrons. The first-order valence-corrected chi connectivity index (χ1v) is 10.9. The van der Waals surface area contributed by atoms with Crippen LogP contribution in [-0.4, -0.2) is 19.7 Å². The second kappa shape index (κ2) is 9.14. The number of benzene rings is 3. The zero-order chi connectivity index (χ0) is 21.8. The third kappa shape index (κ3) is 4.83. The van der Waals surface area contributed by atoms with Gasteiger partial charge in [0, 0.05) is 30.0 Å². The molecule has 7 heteroatoms. The lowest BCUT2D eigenvalue weighted by Gasteiger charge is -2.12. The van der Waals surface area contributed by atoms with E-state index in [0.29, 0.717) is 12.2 Å². The van der Waals surface area contributed by atoms with Crippen molar-refractivity contribution in [2.45, 2.75) is 31.2 Å². The normalized spacial score (nSPS) is 10.9. The molecule has 0 N–H and O–H groups in total. The lowest BCUT2D eigenvalue weighted by molar-refractivity contribution is -0.384. The van der Waals surface area contributed by atoms with E-state index in [-0.39, 0.29) is 10.6 Å². The Morgan fingerprint density at radius 1 is 0.903 bits per heavy atom. The highest BCUT2D eigenvalue weighted by Gasteiger charge is 2.16. The summed E-state index contributed by atoms with van der Waals surface area (Å²) in [6.45, 7) is 4.20. The fourth-order valence-electron chi connectivity index (χ4n) is 3.27. The summed E-state index contributed by atoms with van der Waals surface area (Å²) in [5.41, 5.74) is 5.74. The predicted octanol–water partition coefficient (Wildman–Crippen LogP) is 5.68. The number of aryl methyl sites for hydroxylation is 2. The summed E-state index contributed by atoms with van der Waals surface area (Å²) < 4.78 is 2.11. The second-order valence-corrected chi connectivity index (χ2v) is 8.32. The summed E-state index contributed by atoms with van der Waals surface area (Å²) >= 11 is 1.57. The summed E-state index contributed by atoms with van der Waals surface area (Å²) in [7, 11) is 0. The van der Waals surface area contributed by atoms with Crippen LogP contribution in [0.25, 0.3) is 5.69 Å². The number of aromatic nitrogens is 3. The number of nitro groups is 1. The Morgan fingerprint density at radius 2 is 1.65 bits per heavy atom. The molecule has 156 valence electrons. The highest BCUT2D eigenvalue weighted by atomic mass is 32.2. The van der Waals surface area contributed by atoms with Crippen LogP contribution >= 0.6 is 11.8 Å². The SMILES string of the molecule is Cc1ccc(-n2c(Cc3ccccc3)nnc2SCc2ccc([N+](=O)[O-])cc2)cc1C. The Labute approximate surface area is 185 Å². The molecule has 0 aliphatic rings. The van der Waals surface area contributed by atoms with E-state index in [4.69, 9.17) is 0 Å². The van der Waals surface area contributed by atoms with Crippen molar-refractivity contribution in [3.05, 3.63) is 111 Å². The van der Waals surface area contributed by atoms with Gasteiger partial charge in [-0.3, -0.25) is 14.7 Å². The van der Waals surface area contributed by atoms with Crippen LogP contribution in [0.2, 0.25) is 0 Å². The molecule has 0 amide bonds. The Balaban J connectivity index is 1.64. The van der Waals surface area contributed by atoms with E-state index >= 15 is 0 Å². The molecular formula is C24H22N4O2S. The van der Waals surface area contributed by atoms with Crippen LogP contribution in [-0.2, 0) is 12.2 Å². The molecule has 1 aromatic heterocycles. The van der Waals surface area contributed by atoms with Crippen molar-refractivity contribution in [1.82, 2.24) is 14.8 Å². The van der Waals surface area contributed by atoms with Gasteiger partial charge in [0.2, 0.25) is 0 Å². The molecule has 4 aromatic rings. The Bertz CT molecular complexity index is 1200. The molecule has 4 rings (SSSR count). The zero-order valence-corrected chi connectivity index (χ0v) is 18.2. The predicted molar refractivity (Wildman–Crippen MR) is 123 cm³/mol. The van der Waals surface area contributed by atoms with Gasteiger partial charge in [-0.2, -0.15) is 0 Å². The van der Waals surface area contributed by atoms with Crippen molar-refractivity contribution in [1.29, 1.82) is 0 Å². The number of thioether (sulfide) groups is 1. The molecule has 0 atom stereocenters. The van der Waals surface area contributed by atoms with Crippen molar-refractivity contribution in [3.63, 3.8) is 0 Å². The number of hydrogen-bond acceptors (Lipinski definition) is 5. The number of nitro benzene ring substituents is 1. The largest absolute Gasteiger partial charge is 0.274 e. The maximum atomic E-state index is 10.9. The summed E-state index contributed by atoms with van der Waals surface area (Å²) in [5, 5.41) is 20.6. The number of nitrogens with zero attached hydrogens (tertiary/aromatic N) is 4. The summed E-state index contributed by atoms with van der Waals surface area (Å²) in [5.74, 6) is 1.52. The molecule has 0 aliphatic carbocycles. The van der Waals surface area contributed by atoms with Crippen molar-refractivity contribution >= 4 is 17.4 Å². The van der Waals surface area contributed by atoms with Crippen molar-refractivity contribution in [2.75, 3.05) is 0 Å². The van der Waals surface area contributed by atoms with Gasteiger partial charge in [0.25, 0.3) is 5.69 Å². The van der Waals surface area contributed by atoms with Crippen LogP contribution in [0.3, 0.4) is 0 Å². The first-order valence-electron chi connectivity index (χ1n) is 9.93. The highest BCUT2D eigenvalue weighted by Crippen LogP contribution is 2.28. The average Bonchev–Trinajstić information content (AvgIpc) is 3.17. The van der Waals surface area contributed by atoms with Crippen LogP contribution in [0.4, 0.5) is 5.69 Å². The molecule has 3 aromatic carbocycles. The Kier molecular flexibility index (Phi) is 6.13. The van der Waals surface area contributed by atoms with Gasteiger partial charge in [-0.05, 0) is 48.2 Å². The van der Waals surface area contributed by atoms with Gasteiger partial charge in [-0.1, -0.05) is 60.3 Å². The van der Waals surface area contributed by atoms with Gasteiger partial charge in [-0.25, -0.2) is 0 Å². The van der Waals surface area contributed by atoms with Gasteiger partial charge in [0.1, 0.15) is 5.82 Å². The van der Waals surface area contributed by atoms with Crippen LogP contribution in [0.15, 0.2) is 78.0 Å². The highest BCUT2D eigenvalue weighted by molar-refractivity contribution is 7.98. The van der Waals surface area contributed by atoms with Crippen LogP contribution in [0.5, 0.6) is 0 Å². The molecule has 0 saturated carbocycles. The Morgan fingerprint density at radius 3 is 2.32 bits per heavy atom. The molecule has 0 fully saturated rings. The average molecular weight is 431 g/mol. The minimum atomic E-state index is -0.386. The molecule has 0 spiro atoms. The zero-order valence-electron chi connectivity index (χ0n) is 17.4. The van der Waals surface area contributed by atoms with Gasteiger partial charge in [0.05, 0.1) is 4.92 Å². The maximum Gasteiger partial charge on any atom is 0.269 e. The molecular weight excluding hydrogens is 408 g/mol. The van der Waals surface area contributed by atoms with E-state index in [2.05, 4.69) is 58.9 Å². The number of rotatable bonds is 7. The molecule has 0 saturated heterocycles. The van der Waals surface area contributed by atoms with Gasteiger partial charge < -0.3 is 0 Å². The van der Waals surface area contributed by atoms with E-state index in [0.717, 1.165) is 22.2 Å². The fraction of sp³-hybridized carbons (Fsp3) is 0.167. The van der Waals surface area contributed by atoms with Gasteiger partial charge >= 0.3 is 0 Å². The van der Waals surface area contributed by atoms with Crippen molar-refractivity contribution in [3.8, 4) is 5.69 Å². The molecule has 0 unspecified atom stereocenters. The molecule has 6 nitrogen and oxygen atoms in total. The lowest BCUT2D eigenvalue weighted by Crippen LogP contribution is -2.04. The van der Waals surface area contributed by atoms with E-state index in [1.54, 1.807) is 23.9 Å². The molecule has 31 heavy (non-hydrogen) atoms. The minimum Gasteiger partial charge on any atom is -0.274 e. The van der Waals surface area contributed by atoms with E-state index in [1.807, 2.05) is 18.2 Å². The fourth-order valence-corrected chi connectivity index (χ4v) is 4.20. The van der Waals surface area contributed by atoms with E-state index in [1.165, 1.54) is 28.8 Å². The molecule has 0 bridgehead atoms. The minimum absolute atomic E-state index is 0.0946. The van der Waals surface area contributed by atoms with Crippen LogP contribution in [0.1, 0.15) is 28.1 Å². The monoisotopic (exact) mass is 430 g/mol. The smallest absolute Gasteiger partial charge is 0.269 e. The third-order valence-corrected chi connectivity index (χ3v) is 6.17. The first kappa shape index (κ1) is 20.8. The first-order chi connectivity index (χ1) is 15.0. The lowest BCUT2D eigenvalue weighted by atomic mass is 10.1. The van der Waals surface area contributed by atoms with Crippen molar-refractivity contribution in [2.24, 2.45) is 0 Å². The molecule has 0 aliphatic heterocycles. The quantitative estimate of drug-likeness (QED) is 0.214. The number of hydrogen-bond donors (Lipinski definition) is 0. The summed E-state index contributed by atoms with van der Waals surface area (Å²) in [6, 6.07) is 23.2. The van der Waals surface area contributed by atoms with Gasteiger partial charge in [0.15, 0.2) is 5.16 Å². The third-order valence-electron chi connectivity index (χ3n) is 5.17. The van der Waals surface area contributed by atoms with Crippen molar-refractivity contribution < 1.29 is 4.92 Å². The Hall–Kier alpha value is -3.45. The summed E-state index contributed by atoms with van der Waals surface area (Å²) in [4.78, 5) is 10.5. The van der Waals surface area contributed by atoms with Crippen LogP contribution < -0.4 is 0 Å². The second-order valence-electron chi connectivity index (χ2n) is 7.38. The summed E-state index contributed by atoms with van der Waals surface area (Å²) in [6.07, 6.45) is 0.679. The van der Waals surface area contributed by atoms with Crippen LogP contribution in [0, 0.1) is 24.0 Å². The van der Waals surface area contributed by atoms with E-state index in [9.17, 15) is 10.1 Å².